The Bertz CT molecular complexity index is 2580. The van der Waals surface area contributed by atoms with Crippen LogP contribution in [0.4, 0.5) is 34.6 Å². The van der Waals surface area contributed by atoms with Crippen LogP contribution in [0.25, 0.3) is 21.5 Å². The number of hydrogen-bond acceptors (Lipinski definition) is 16. The van der Waals surface area contributed by atoms with Gasteiger partial charge in [-0.25, -0.2) is 5.26 Å². The zero-order valence-electron chi connectivity index (χ0n) is 26.3. The van der Waals surface area contributed by atoms with Gasteiger partial charge in [-0.2, -0.15) is 31.8 Å². The van der Waals surface area contributed by atoms with Crippen molar-refractivity contribution in [2.75, 3.05) is 16.8 Å². The zero-order valence-corrected chi connectivity index (χ0v) is 29.5. The molecule has 1 heterocycles. The maximum atomic E-state index is 12.5. The van der Waals surface area contributed by atoms with Gasteiger partial charge in [0.1, 0.15) is 16.3 Å². The fourth-order valence-electron chi connectivity index (χ4n) is 5.29. The monoisotopic (exact) mass is 785 g/mol. The van der Waals surface area contributed by atoms with Crippen LogP contribution in [-0.2, 0) is 29.6 Å². The van der Waals surface area contributed by atoms with Gasteiger partial charge in [0.15, 0.2) is 5.75 Å². The Balaban J connectivity index is 1.55. The number of fused-ring (bicyclic) bond motifs is 2. The number of halogens is 1. The Labute approximate surface area is 304 Å². The second-order valence-corrected chi connectivity index (χ2v) is 14.4. The van der Waals surface area contributed by atoms with Crippen molar-refractivity contribution in [3.05, 3.63) is 90.2 Å². The van der Waals surface area contributed by atoms with Crippen molar-refractivity contribution in [1.29, 1.82) is 0 Å². The lowest BCUT2D eigenvalue weighted by atomic mass is 10.1. The standard InChI is InChI=1S/C31H24ClN7O10S3/c1-2-39(19-9-4-3-5-10-19)31-35-29(32)34-30(36-31)33-23-16-20(51(42,43)44)14-18-15-24(50-49-48-41)26(27(40)25(18)23)38-37-22-13-12-17-8-6-7-11-21(17)28(22)52(45,46)47/h3-16,40-41H,2H2,1H3,(H,42,43,44)(H,45,46,47)(H,33,34,35,36). The maximum Gasteiger partial charge on any atom is 0.297 e. The maximum absolute atomic E-state index is 12.5. The minimum Gasteiger partial charge on any atom is -0.505 e. The molecule has 6 aromatic rings. The number of rotatable bonds is 12. The van der Waals surface area contributed by atoms with Crippen molar-refractivity contribution in [2.24, 2.45) is 10.2 Å². The molecule has 0 saturated carbocycles. The van der Waals surface area contributed by atoms with E-state index in [0.717, 1.165) is 17.8 Å². The molecule has 0 saturated heterocycles. The van der Waals surface area contributed by atoms with E-state index in [0.29, 0.717) is 24.0 Å². The van der Waals surface area contributed by atoms with E-state index in [-0.39, 0.29) is 55.3 Å². The number of phenolic OH excluding ortho intramolecular Hbond substituents is 1. The van der Waals surface area contributed by atoms with Crippen molar-refractivity contribution >= 4 is 100 Å². The Morgan fingerprint density at radius 2 is 1.62 bits per heavy atom. The van der Waals surface area contributed by atoms with Crippen molar-refractivity contribution < 1.29 is 45.7 Å². The topological polar surface area (TPSA) is 246 Å². The number of hydrogen-bond donors (Lipinski definition) is 5. The lowest BCUT2D eigenvalue weighted by Gasteiger charge is -2.21. The molecular formula is C31H24ClN7O10S3. The van der Waals surface area contributed by atoms with Crippen molar-refractivity contribution in [1.82, 2.24) is 15.0 Å². The Morgan fingerprint density at radius 3 is 2.31 bits per heavy atom. The second kappa shape index (κ2) is 14.9. The number of benzene rings is 5. The summed E-state index contributed by atoms with van der Waals surface area (Å²) in [5.74, 6) is -0.746. The fraction of sp³-hybridized carbons (Fsp3) is 0.0645. The lowest BCUT2D eigenvalue weighted by molar-refractivity contribution is -0.432. The SMILES string of the molecule is CCN(c1ccccc1)c1nc(Cl)nc(Nc2cc(S(=O)(=O)O)cc3cc(SOOO)c(N=Nc4ccc5ccccc5c4S(=O)(=O)O)c(O)c23)n1. The highest BCUT2D eigenvalue weighted by molar-refractivity contribution is 7.94. The normalized spacial score (nSPS) is 12.2. The summed E-state index contributed by atoms with van der Waals surface area (Å²) in [4.78, 5) is 13.2. The van der Waals surface area contributed by atoms with Gasteiger partial charge in [-0.3, -0.25) is 9.11 Å². The van der Waals surface area contributed by atoms with E-state index >= 15 is 0 Å². The zero-order chi connectivity index (χ0) is 37.2. The van der Waals surface area contributed by atoms with Crippen LogP contribution in [0.5, 0.6) is 5.75 Å². The van der Waals surface area contributed by atoms with Crippen LogP contribution in [0.2, 0.25) is 5.28 Å². The summed E-state index contributed by atoms with van der Waals surface area (Å²) in [6.45, 7) is 2.27. The number of para-hydroxylation sites is 1. The number of anilines is 4. The highest BCUT2D eigenvalue weighted by Gasteiger charge is 2.24. The number of phenols is 1. The molecule has 0 aliphatic carbocycles. The fourth-order valence-corrected chi connectivity index (χ4v) is 7.32. The molecule has 21 heteroatoms. The third-order valence-corrected chi connectivity index (χ3v) is 9.98. The van der Waals surface area contributed by atoms with Crippen LogP contribution < -0.4 is 10.2 Å². The molecule has 0 spiro atoms. The number of aromatic nitrogens is 3. The van der Waals surface area contributed by atoms with Crippen LogP contribution in [0.1, 0.15) is 6.92 Å². The van der Waals surface area contributed by atoms with Crippen LogP contribution in [-0.4, -0.2) is 57.8 Å². The quantitative estimate of drug-likeness (QED) is 0.0261. The lowest BCUT2D eigenvalue weighted by Crippen LogP contribution is -2.19. The predicted octanol–water partition coefficient (Wildman–Crippen LogP) is 7.78. The number of azo groups is 1. The van der Waals surface area contributed by atoms with Crippen LogP contribution >= 0.6 is 23.6 Å². The first-order chi connectivity index (χ1) is 24.8. The Kier molecular flexibility index (Phi) is 10.5. The molecule has 268 valence electrons. The molecule has 0 amide bonds. The Hall–Kier alpha value is -5.03. The van der Waals surface area contributed by atoms with Crippen LogP contribution in [0.3, 0.4) is 0 Å². The summed E-state index contributed by atoms with van der Waals surface area (Å²) in [5, 5.41) is 35.4. The molecule has 0 bridgehead atoms. The molecule has 0 aliphatic heterocycles. The summed E-state index contributed by atoms with van der Waals surface area (Å²) < 4.78 is 74.3. The molecule has 6 rings (SSSR count). The molecule has 0 unspecified atom stereocenters. The number of nitrogens with one attached hydrogen (secondary N) is 1. The van der Waals surface area contributed by atoms with Gasteiger partial charge in [0.2, 0.25) is 17.2 Å². The van der Waals surface area contributed by atoms with Crippen molar-refractivity contribution in [2.45, 2.75) is 21.6 Å². The number of nitrogens with zero attached hydrogens (tertiary/aromatic N) is 6. The molecule has 5 N–H and O–H groups in total. The molecule has 1 aromatic heterocycles. The summed E-state index contributed by atoms with van der Waals surface area (Å²) in [5.41, 5.74) is -0.132. The molecule has 0 aliphatic rings. The van der Waals surface area contributed by atoms with Crippen molar-refractivity contribution in [3.8, 4) is 5.75 Å². The van der Waals surface area contributed by atoms with Gasteiger partial charge in [0.05, 0.1) is 27.5 Å². The largest absolute Gasteiger partial charge is 0.505 e. The average molecular weight is 786 g/mol. The van der Waals surface area contributed by atoms with E-state index in [1.807, 2.05) is 37.3 Å². The smallest absolute Gasteiger partial charge is 0.297 e. The van der Waals surface area contributed by atoms with E-state index in [1.165, 1.54) is 18.2 Å². The van der Waals surface area contributed by atoms with Gasteiger partial charge in [-0.1, -0.05) is 53.6 Å². The molecular weight excluding hydrogens is 762 g/mol. The summed E-state index contributed by atoms with van der Waals surface area (Å²) in [6, 6.07) is 21.5. The molecule has 5 aromatic carbocycles. The van der Waals surface area contributed by atoms with Gasteiger partial charge < -0.3 is 15.3 Å². The van der Waals surface area contributed by atoms with E-state index in [2.05, 4.69) is 39.9 Å². The number of aromatic hydroxyl groups is 1. The molecule has 0 radical (unpaired) electrons. The average Bonchev–Trinajstić information content (AvgIpc) is 3.09. The van der Waals surface area contributed by atoms with Gasteiger partial charge >= 0.3 is 0 Å². The summed E-state index contributed by atoms with van der Waals surface area (Å²) in [7, 11) is -9.70. The third kappa shape index (κ3) is 7.74. The van der Waals surface area contributed by atoms with Gasteiger partial charge in [0.25, 0.3) is 20.2 Å². The van der Waals surface area contributed by atoms with E-state index in [9.17, 15) is 31.0 Å². The van der Waals surface area contributed by atoms with Crippen LogP contribution in [0, 0.1) is 0 Å². The first-order valence-corrected chi connectivity index (χ1v) is 18.7. The molecule has 52 heavy (non-hydrogen) atoms. The highest BCUT2D eigenvalue weighted by Crippen LogP contribution is 2.48. The van der Waals surface area contributed by atoms with E-state index < -0.39 is 35.8 Å². The first kappa shape index (κ1) is 36.8. The molecule has 0 atom stereocenters. The second-order valence-electron chi connectivity index (χ2n) is 10.6. The highest BCUT2D eigenvalue weighted by atomic mass is 35.5. The molecule has 17 nitrogen and oxygen atoms in total. The van der Waals surface area contributed by atoms with Gasteiger partial charge in [0, 0.05) is 23.0 Å². The van der Waals surface area contributed by atoms with Gasteiger partial charge in [-0.05, 0) is 65.7 Å². The third-order valence-electron chi connectivity index (χ3n) is 7.42. The van der Waals surface area contributed by atoms with E-state index in [1.54, 1.807) is 29.2 Å². The van der Waals surface area contributed by atoms with E-state index in [4.69, 9.17) is 16.9 Å². The summed E-state index contributed by atoms with van der Waals surface area (Å²) >= 11 is 6.59. The minimum atomic E-state index is -4.85. The minimum absolute atomic E-state index is 0.0257. The molecule has 0 fully saturated rings. The van der Waals surface area contributed by atoms with Crippen LogP contribution in [0.15, 0.2) is 110 Å². The predicted molar refractivity (Wildman–Crippen MR) is 191 cm³/mol. The van der Waals surface area contributed by atoms with Crippen molar-refractivity contribution in [3.63, 3.8) is 0 Å². The first-order valence-electron chi connectivity index (χ1n) is 14.7. The Morgan fingerprint density at radius 1 is 0.885 bits per heavy atom. The summed E-state index contributed by atoms with van der Waals surface area (Å²) in [6.07, 6.45) is 0. The van der Waals surface area contributed by atoms with Gasteiger partial charge in [-0.15, -0.1) is 14.6 Å².